The Labute approximate surface area is 209 Å². The molecule has 2 aromatic rings. The van der Waals surface area contributed by atoms with Gasteiger partial charge in [-0.25, -0.2) is 4.79 Å². The van der Waals surface area contributed by atoms with Gasteiger partial charge in [0.1, 0.15) is 29.0 Å². The van der Waals surface area contributed by atoms with Crippen molar-refractivity contribution in [1.29, 1.82) is 10.5 Å². The number of carbonyl (C=O) groups excluding carboxylic acids is 2. The summed E-state index contributed by atoms with van der Waals surface area (Å²) in [6.07, 6.45) is 2.86. The van der Waals surface area contributed by atoms with Crippen LogP contribution in [-0.4, -0.2) is 56.8 Å². The number of hydrogen-bond donors (Lipinski definition) is 0. The Morgan fingerprint density at radius 1 is 0.972 bits per heavy atom. The molecule has 0 aromatic heterocycles. The summed E-state index contributed by atoms with van der Waals surface area (Å²) < 4.78 is 21.4. The Bertz CT molecular complexity index is 1250. The normalized spacial score (nSPS) is 13.8. The minimum atomic E-state index is -0.854. The van der Waals surface area contributed by atoms with E-state index in [9.17, 15) is 20.1 Å². The first kappa shape index (κ1) is 26.0. The monoisotopic (exact) mass is 487 g/mol. The molecule has 1 heterocycles. The van der Waals surface area contributed by atoms with Crippen molar-refractivity contribution in [2.45, 2.75) is 6.92 Å². The number of benzene rings is 2. The predicted octanol–water partition coefficient (Wildman–Crippen LogP) is 3.37. The second-order valence-corrected chi connectivity index (χ2v) is 7.55. The minimum absolute atomic E-state index is 0.0336. The van der Waals surface area contributed by atoms with E-state index >= 15 is 0 Å². The van der Waals surface area contributed by atoms with Crippen molar-refractivity contribution in [3.63, 3.8) is 0 Å². The lowest BCUT2D eigenvalue weighted by Gasteiger charge is -2.26. The quantitative estimate of drug-likeness (QED) is 0.240. The summed E-state index contributed by atoms with van der Waals surface area (Å²) >= 11 is 0. The molecule has 0 N–H and O–H groups in total. The zero-order valence-electron chi connectivity index (χ0n) is 20.0. The third-order valence-corrected chi connectivity index (χ3v) is 5.19. The van der Waals surface area contributed by atoms with Crippen molar-refractivity contribution >= 4 is 24.0 Å². The van der Waals surface area contributed by atoms with E-state index in [0.29, 0.717) is 49.8 Å². The van der Waals surface area contributed by atoms with E-state index in [1.54, 1.807) is 35.2 Å². The summed E-state index contributed by atoms with van der Waals surface area (Å²) in [4.78, 5) is 26.9. The van der Waals surface area contributed by atoms with Crippen LogP contribution in [0.2, 0.25) is 0 Å². The maximum atomic E-state index is 12.7. The number of methoxy groups -OCH3 is 1. The number of ether oxygens (including phenoxy) is 4. The van der Waals surface area contributed by atoms with Crippen LogP contribution in [0.3, 0.4) is 0 Å². The molecule has 1 amide bonds. The highest BCUT2D eigenvalue weighted by atomic mass is 16.6. The van der Waals surface area contributed by atoms with E-state index in [-0.39, 0.29) is 28.6 Å². The second-order valence-electron chi connectivity index (χ2n) is 7.55. The molecule has 0 saturated carbocycles. The van der Waals surface area contributed by atoms with Gasteiger partial charge >= 0.3 is 5.97 Å². The lowest BCUT2D eigenvalue weighted by Crippen LogP contribution is -2.41. The van der Waals surface area contributed by atoms with Crippen LogP contribution < -0.4 is 14.2 Å². The average molecular weight is 488 g/mol. The van der Waals surface area contributed by atoms with Gasteiger partial charge in [-0.05, 0) is 54.5 Å². The molecule has 1 aliphatic heterocycles. The Hall–Kier alpha value is -4.60. The molecule has 0 aliphatic carbocycles. The van der Waals surface area contributed by atoms with E-state index in [0.717, 1.165) is 0 Å². The molecule has 1 aliphatic rings. The van der Waals surface area contributed by atoms with Crippen molar-refractivity contribution in [2.75, 3.05) is 40.0 Å². The summed E-state index contributed by atoms with van der Waals surface area (Å²) in [6, 6.07) is 15.3. The maximum Gasteiger partial charge on any atom is 0.354 e. The molecule has 0 atom stereocenters. The third-order valence-electron chi connectivity index (χ3n) is 5.19. The lowest BCUT2D eigenvalue weighted by molar-refractivity contribution is -0.131. The van der Waals surface area contributed by atoms with Gasteiger partial charge < -0.3 is 23.8 Å². The largest absolute Gasteiger partial charge is 0.494 e. The average Bonchev–Trinajstić information content (AvgIpc) is 2.92. The molecule has 3 rings (SSSR count). The molecule has 1 fully saturated rings. The molecular formula is C27H25N3O6. The summed E-state index contributed by atoms with van der Waals surface area (Å²) in [5.74, 6) is -0.264. The van der Waals surface area contributed by atoms with Crippen molar-refractivity contribution in [2.24, 2.45) is 0 Å². The smallest absolute Gasteiger partial charge is 0.354 e. The fourth-order valence-electron chi connectivity index (χ4n) is 3.39. The first-order chi connectivity index (χ1) is 17.5. The number of amides is 1. The van der Waals surface area contributed by atoms with E-state index in [1.165, 1.54) is 31.4 Å². The molecule has 184 valence electrons. The number of morpholine rings is 1. The number of nitrogens with zero attached hydrogens (tertiary/aromatic N) is 3. The number of carbonyl (C=O) groups is 2. The first-order valence-electron chi connectivity index (χ1n) is 11.2. The van der Waals surface area contributed by atoms with Crippen molar-refractivity contribution in [1.82, 2.24) is 4.90 Å². The van der Waals surface area contributed by atoms with Crippen LogP contribution in [0.15, 0.2) is 53.6 Å². The fraction of sp³-hybridized carbons (Fsp3) is 0.259. The molecule has 0 unspecified atom stereocenters. The second kappa shape index (κ2) is 12.7. The maximum absolute atomic E-state index is 12.7. The SMILES string of the molecule is CCOc1ccc(/C=C(\C#N)C(=O)Oc2ccc(/C=C(\C#N)C(=O)N3CCOCC3)cc2OC)cc1. The van der Waals surface area contributed by atoms with Gasteiger partial charge in [0, 0.05) is 13.1 Å². The summed E-state index contributed by atoms with van der Waals surface area (Å²) in [5, 5.41) is 19.0. The molecule has 9 nitrogen and oxygen atoms in total. The van der Waals surface area contributed by atoms with E-state index in [1.807, 2.05) is 19.1 Å². The lowest BCUT2D eigenvalue weighted by atomic mass is 10.1. The van der Waals surface area contributed by atoms with Crippen molar-refractivity contribution < 1.29 is 28.5 Å². The predicted molar refractivity (Wildman–Crippen MR) is 131 cm³/mol. The van der Waals surface area contributed by atoms with Gasteiger partial charge in [0.2, 0.25) is 0 Å². The van der Waals surface area contributed by atoms with E-state index < -0.39 is 5.97 Å². The van der Waals surface area contributed by atoms with Crippen LogP contribution in [0.25, 0.3) is 12.2 Å². The van der Waals surface area contributed by atoms with Crippen LogP contribution in [0, 0.1) is 22.7 Å². The number of rotatable bonds is 8. The molecule has 9 heteroatoms. The Kier molecular flexibility index (Phi) is 9.21. The molecule has 0 spiro atoms. The number of nitriles is 2. The molecular weight excluding hydrogens is 462 g/mol. The Balaban J connectivity index is 1.77. The fourth-order valence-corrected chi connectivity index (χ4v) is 3.39. The number of esters is 1. The molecule has 0 bridgehead atoms. The van der Waals surface area contributed by atoms with Crippen LogP contribution in [0.5, 0.6) is 17.2 Å². The Morgan fingerprint density at radius 2 is 1.61 bits per heavy atom. The van der Waals surface area contributed by atoms with Gasteiger partial charge in [0.25, 0.3) is 5.91 Å². The van der Waals surface area contributed by atoms with Crippen molar-refractivity contribution in [3.8, 4) is 29.4 Å². The molecule has 36 heavy (non-hydrogen) atoms. The van der Waals surface area contributed by atoms with Gasteiger partial charge in [0.15, 0.2) is 11.5 Å². The third kappa shape index (κ3) is 6.72. The standard InChI is InChI=1S/C27H25N3O6/c1-3-35-23-7-4-19(5-8-23)14-22(18-29)27(32)36-24-9-6-20(16-25(24)33-2)15-21(17-28)26(31)30-10-12-34-13-11-30/h4-9,14-16H,3,10-13H2,1-2H3/b21-15+,22-14+. The van der Waals surface area contributed by atoms with Gasteiger partial charge in [-0.2, -0.15) is 10.5 Å². The Morgan fingerprint density at radius 3 is 2.22 bits per heavy atom. The van der Waals surface area contributed by atoms with Crippen molar-refractivity contribution in [3.05, 3.63) is 64.7 Å². The minimum Gasteiger partial charge on any atom is -0.494 e. The van der Waals surface area contributed by atoms with E-state index in [2.05, 4.69) is 0 Å². The first-order valence-corrected chi connectivity index (χ1v) is 11.2. The summed E-state index contributed by atoms with van der Waals surface area (Å²) in [5.41, 5.74) is 0.908. The number of hydrogen-bond acceptors (Lipinski definition) is 8. The van der Waals surface area contributed by atoms with Crippen LogP contribution >= 0.6 is 0 Å². The van der Waals surface area contributed by atoms with Gasteiger partial charge in [-0.15, -0.1) is 0 Å². The van der Waals surface area contributed by atoms with E-state index in [4.69, 9.17) is 18.9 Å². The van der Waals surface area contributed by atoms with Gasteiger partial charge in [-0.3, -0.25) is 4.79 Å². The topological polar surface area (TPSA) is 122 Å². The van der Waals surface area contributed by atoms with Crippen LogP contribution in [-0.2, 0) is 14.3 Å². The molecule has 1 saturated heterocycles. The summed E-state index contributed by atoms with van der Waals surface area (Å²) in [6.45, 7) is 4.10. The van der Waals surface area contributed by atoms with Crippen LogP contribution in [0.1, 0.15) is 18.1 Å². The zero-order valence-corrected chi connectivity index (χ0v) is 20.0. The molecule has 0 radical (unpaired) electrons. The molecule has 2 aromatic carbocycles. The highest BCUT2D eigenvalue weighted by molar-refractivity contribution is 6.02. The van der Waals surface area contributed by atoms with Crippen LogP contribution in [0.4, 0.5) is 0 Å². The zero-order chi connectivity index (χ0) is 25.9. The highest BCUT2D eigenvalue weighted by Gasteiger charge is 2.21. The van der Waals surface area contributed by atoms with Gasteiger partial charge in [0.05, 0.1) is 26.9 Å². The van der Waals surface area contributed by atoms with Gasteiger partial charge in [-0.1, -0.05) is 18.2 Å². The highest BCUT2D eigenvalue weighted by Crippen LogP contribution is 2.30. The summed E-state index contributed by atoms with van der Waals surface area (Å²) in [7, 11) is 1.39.